The minimum atomic E-state index is -1.18. The van der Waals surface area contributed by atoms with E-state index in [1.807, 2.05) is 37.3 Å². The van der Waals surface area contributed by atoms with Gasteiger partial charge in [0, 0.05) is 10.5 Å². The van der Waals surface area contributed by atoms with E-state index in [9.17, 15) is 14.7 Å². The first-order chi connectivity index (χ1) is 16.8. The number of halogens is 1. The van der Waals surface area contributed by atoms with E-state index in [4.69, 9.17) is 4.74 Å². The third kappa shape index (κ3) is 3.92. The van der Waals surface area contributed by atoms with Crippen molar-refractivity contribution in [2.24, 2.45) is 17.8 Å². The molecule has 0 aromatic heterocycles. The zero-order valence-electron chi connectivity index (χ0n) is 19.6. The number of hydrogen-bond donors (Lipinski definition) is 2. The second kappa shape index (κ2) is 8.37. The summed E-state index contributed by atoms with van der Waals surface area (Å²) >= 11 is 3.59. The van der Waals surface area contributed by atoms with Gasteiger partial charge >= 0.3 is 6.16 Å². The van der Waals surface area contributed by atoms with E-state index in [1.165, 1.54) is 0 Å². The first-order valence-corrected chi connectivity index (χ1v) is 13.1. The second-order valence-electron chi connectivity index (χ2n) is 10.7. The van der Waals surface area contributed by atoms with Crippen molar-refractivity contribution in [2.45, 2.75) is 50.7 Å². The van der Waals surface area contributed by atoms with Gasteiger partial charge in [-0.3, -0.25) is 4.79 Å². The van der Waals surface area contributed by atoms with E-state index in [1.54, 1.807) is 0 Å². The summed E-state index contributed by atoms with van der Waals surface area (Å²) in [6, 6.07) is 18.5. The summed E-state index contributed by atoms with van der Waals surface area (Å²) in [6.45, 7) is 2.03. The molecule has 0 aliphatic heterocycles. The largest absolute Gasteiger partial charge is 0.506 e. The molecule has 0 saturated heterocycles. The number of carbonyl (C=O) groups is 2. The normalized spacial score (nSPS) is 28.7. The number of nitrogens with one attached hydrogen (secondary N) is 1. The van der Waals surface area contributed by atoms with Gasteiger partial charge in [-0.25, -0.2) is 4.79 Å². The van der Waals surface area contributed by atoms with E-state index in [-0.39, 0.29) is 23.8 Å². The molecular formula is C29H28BrNO4. The predicted molar refractivity (Wildman–Crippen MR) is 138 cm³/mol. The molecule has 1 amide bonds. The molecule has 7 rings (SSSR count). The minimum absolute atomic E-state index is 0.0472. The number of benzene rings is 3. The number of hydrogen-bond acceptors (Lipinski definition) is 3. The summed E-state index contributed by atoms with van der Waals surface area (Å²) < 4.78 is 6.38. The highest BCUT2D eigenvalue weighted by molar-refractivity contribution is 9.10. The van der Waals surface area contributed by atoms with Crippen LogP contribution >= 0.6 is 15.9 Å². The van der Waals surface area contributed by atoms with Crippen LogP contribution in [0.5, 0.6) is 0 Å². The Hall–Kier alpha value is -2.86. The molecule has 4 aliphatic carbocycles. The summed E-state index contributed by atoms with van der Waals surface area (Å²) in [4.78, 5) is 25.3. The Morgan fingerprint density at radius 1 is 1.03 bits per heavy atom. The lowest BCUT2D eigenvalue weighted by Gasteiger charge is -2.58. The van der Waals surface area contributed by atoms with Gasteiger partial charge in [-0.15, -0.1) is 0 Å². The quantitative estimate of drug-likeness (QED) is 0.355. The highest BCUT2D eigenvalue weighted by Gasteiger charge is 2.57. The van der Waals surface area contributed by atoms with Gasteiger partial charge in [0.15, 0.2) is 0 Å². The maximum Gasteiger partial charge on any atom is 0.506 e. The van der Waals surface area contributed by atoms with Gasteiger partial charge in [-0.2, -0.15) is 0 Å². The van der Waals surface area contributed by atoms with Crippen LogP contribution in [-0.2, 0) is 4.74 Å². The maximum absolute atomic E-state index is 14.0. The van der Waals surface area contributed by atoms with Crippen molar-refractivity contribution >= 4 is 38.8 Å². The smallest absolute Gasteiger partial charge is 0.450 e. The lowest BCUT2D eigenvalue weighted by molar-refractivity contribution is -0.148. The van der Waals surface area contributed by atoms with Crippen LogP contribution in [0.25, 0.3) is 21.9 Å². The number of amides is 1. The van der Waals surface area contributed by atoms with Crippen LogP contribution in [0.4, 0.5) is 4.79 Å². The standard InChI is InChI=1S/C29H28BrNO4/c1-16-23(18-5-3-2-4-6-18)11-19-7-8-22(30)12-24(19)25(16)27(32)31-26-20-9-17-10-21(26)15-29(13-17,14-20)35-28(33)34/h2-8,11-12,17,20-21,26H,9-10,13-15H2,1H3,(H,31,32)(H,33,34). The molecule has 0 spiro atoms. The molecule has 4 fully saturated rings. The summed E-state index contributed by atoms with van der Waals surface area (Å²) in [7, 11) is 0. The lowest BCUT2D eigenvalue weighted by atomic mass is 9.52. The maximum atomic E-state index is 14.0. The van der Waals surface area contributed by atoms with E-state index < -0.39 is 11.8 Å². The second-order valence-corrected chi connectivity index (χ2v) is 11.6. The van der Waals surface area contributed by atoms with Crippen LogP contribution in [0.1, 0.15) is 48.0 Å². The van der Waals surface area contributed by atoms with Gasteiger partial charge in [0.05, 0.1) is 5.56 Å². The number of ether oxygens (including phenoxy) is 1. The number of rotatable bonds is 4. The van der Waals surface area contributed by atoms with Crippen LogP contribution < -0.4 is 5.32 Å². The molecule has 4 bridgehead atoms. The molecule has 6 heteroatoms. The summed E-state index contributed by atoms with van der Waals surface area (Å²) in [5, 5.41) is 14.7. The SMILES string of the molecule is Cc1c(-c2ccccc2)cc2ccc(Br)cc2c1C(=O)NC1C2CC3CC1CC(OC(=O)O)(C3)C2. The average Bonchev–Trinajstić information content (AvgIpc) is 2.80. The van der Waals surface area contributed by atoms with E-state index >= 15 is 0 Å². The highest BCUT2D eigenvalue weighted by atomic mass is 79.9. The minimum Gasteiger partial charge on any atom is -0.450 e. The fraction of sp³-hybridized carbons (Fsp3) is 0.379. The Balaban J connectivity index is 1.37. The van der Waals surface area contributed by atoms with Gasteiger partial charge in [0.1, 0.15) is 5.60 Å². The van der Waals surface area contributed by atoms with Crippen molar-refractivity contribution in [1.82, 2.24) is 5.32 Å². The Labute approximate surface area is 213 Å². The summed E-state index contributed by atoms with van der Waals surface area (Å²) in [5.41, 5.74) is 3.27. The average molecular weight is 534 g/mol. The Kier molecular flexibility index (Phi) is 5.40. The predicted octanol–water partition coefficient (Wildman–Crippen LogP) is 6.95. The zero-order chi connectivity index (χ0) is 24.3. The van der Waals surface area contributed by atoms with Crippen molar-refractivity contribution in [3.8, 4) is 11.1 Å². The molecular weight excluding hydrogens is 506 g/mol. The number of carboxylic acid groups (broad SMARTS) is 1. The van der Waals surface area contributed by atoms with Gasteiger partial charge in [-0.1, -0.05) is 52.3 Å². The van der Waals surface area contributed by atoms with E-state index in [2.05, 4.69) is 45.5 Å². The van der Waals surface area contributed by atoms with E-state index in [0.717, 1.165) is 51.2 Å². The van der Waals surface area contributed by atoms with Gasteiger partial charge < -0.3 is 15.2 Å². The molecule has 2 N–H and O–H groups in total. The summed E-state index contributed by atoms with van der Waals surface area (Å²) in [6.07, 6.45) is 3.10. The van der Waals surface area contributed by atoms with E-state index in [0.29, 0.717) is 24.3 Å². The molecule has 3 aromatic carbocycles. The molecule has 2 unspecified atom stereocenters. The third-order valence-electron chi connectivity index (χ3n) is 8.49. The molecule has 180 valence electrons. The first kappa shape index (κ1) is 22.6. The van der Waals surface area contributed by atoms with Gasteiger partial charge in [-0.05, 0) is 102 Å². The molecule has 5 nitrogen and oxygen atoms in total. The van der Waals surface area contributed by atoms with Crippen LogP contribution in [0, 0.1) is 24.7 Å². The molecule has 35 heavy (non-hydrogen) atoms. The van der Waals surface area contributed by atoms with Crippen molar-refractivity contribution in [2.75, 3.05) is 0 Å². The monoisotopic (exact) mass is 533 g/mol. The topological polar surface area (TPSA) is 75.6 Å². The third-order valence-corrected chi connectivity index (χ3v) is 8.99. The van der Waals surface area contributed by atoms with Crippen LogP contribution in [0.2, 0.25) is 0 Å². The molecule has 2 atom stereocenters. The Morgan fingerprint density at radius 2 is 1.74 bits per heavy atom. The van der Waals surface area contributed by atoms with Crippen LogP contribution in [0.15, 0.2) is 59.1 Å². The van der Waals surface area contributed by atoms with Crippen molar-refractivity contribution in [3.63, 3.8) is 0 Å². The highest BCUT2D eigenvalue weighted by Crippen LogP contribution is 2.57. The molecule has 0 radical (unpaired) electrons. The number of carbonyl (C=O) groups excluding carboxylic acids is 1. The fourth-order valence-electron chi connectivity index (χ4n) is 7.40. The fourth-order valence-corrected chi connectivity index (χ4v) is 7.76. The summed E-state index contributed by atoms with van der Waals surface area (Å²) in [5.74, 6) is 0.939. The van der Waals surface area contributed by atoms with Crippen molar-refractivity contribution < 1.29 is 19.4 Å². The molecule has 4 aliphatic rings. The Morgan fingerprint density at radius 3 is 2.43 bits per heavy atom. The van der Waals surface area contributed by atoms with Crippen LogP contribution in [0.3, 0.4) is 0 Å². The Bertz CT molecular complexity index is 1320. The van der Waals surface area contributed by atoms with Gasteiger partial charge in [0.25, 0.3) is 5.91 Å². The van der Waals surface area contributed by atoms with Crippen LogP contribution in [-0.4, -0.2) is 28.8 Å². The zero-order valence-corrected chi connectivity index (χ0v) is 21.2. The van der Waals surface area contributed by atoms with Crippen molar-refractivity contribution in [3.05, 3.63) is 70.2 Å². The molecule has 4 saturated carbocycles. The number of fused-ring (bicyclic) bond motifs is 1. The first-order valence-electron chi connectivity index (χ1n) is 12.3. The van der Waals surface area contributed by atoms with Gasteiger partial charge in [0.2, 0.25) is 0 Å². The molecule has 0 heterocycles. The van der Waals surface area contributed by atoms with Crippen molar-refractivity contribution in [1.29, 1.82) is 0 Å². The lowest BCUT2D eigenvalue weighted by Crippen LogP contribution is -2.62. The molecule has 3 aromatic rings.